The van der Waals surface area contributed by atoms with E-state index in [2.05, 4.69) is 16.6 Å². The maximum absolute atomic E-state index is 10.7. The number of carbonyl (C=O) groups excluding carboxylic acids is 1. The largest absolute Gasteiger partial charge is 0.492 e. The van der Waals surface area contributed by atoms with E-state index < -0.39 is 18.4 Å². The zero-order valence-electron chi connectivity index (χ0n) is 6.09. The molecule has 0 aromatic heterocycles. The molecule has 0 saturated carbocycles. The second-order valence-electron chi connectivity index (χ2n) is 1.70. The standard InChI is InChI=1S/C6H9NO4/c1-4(11-2)6(10)7-3-5(8)9/h1,3H2,2H3,(H,7,10)(H,8,9). The van der Waals surface area contributed by atoms with Crippen molar-refractivity contribution in [2.24, 2.45) is 0 Å². The van der Waals surface area contributed by atoms with Crippen molar-refractivity contribution < 1.29 is 19.4 Å². The van der Waals surface area contributed by atoms with Gasteiger partial charge in [-0.1, -0.05) is 6.58 Å². The fraction of sp³-hybridized carbons (Fsp3) is 0.333. The predicted octanol–water partition coefficient (Wildman–Crippen LogP) is -0.653. The molecule has 0 aliphatic heterocycles. The molecular formula is C6H9NO4. The third-order valence-corrected chi connectivity index (χ3v) is 0.900. The molecule has 0 rings (SSSR count). The van der Waals surface area contributed by atoms with Gasteiger partial charge >= 0.3 is 5.97 Å². The first-order chi connectivity index (χ1) is 5.07. The number of rotatable bonds is 4. The van der Waals surface area contributed by atoms with E-state index in [-0.39, 0.29) is 5.76 Å². The summed E-state index contributed by atoms with van der Waals surface area (Å²) in [5.74, 6) is -1.83. The van der Waals surface area contributed by atoms with Crippen molar-refractivity contribution in [1.82, 2.24) is 5.32 Å². The smallest absolute Gasteiger partial charge is 0.322 e. The normalized spacial score (nSPS) is 8.45. The number of hydrogen-bond acceptors (Lipinski definition) is 3. The molecule has 0 aliphatic carbocycles. The van der Waals surface area contributed by atoms with E-state index in [0.717, 1.165) is 0 Å². The summed E-state index contributed by atoms with van der Waals surface area (Å²) >= 11 is 0. The molecule has 5 heteroatoms. The molecule has 0 radical (unpaired) electrons. The summed E-state index contributed by atoms with van der Waals surface area (Å²) < 4.78 is 4.44. The summed E-state index contributed by atoms with van der Waals surface area (Å²) in [4.78, 5) is 20.6. The number of ether oxygens (including phenoxy) is 1. The van der Waals surface area contributed by atoms with Crippen LogP contribution >= 0.6 is 0 Å². The highest BCUT2D eigenvalue weighted by molar-refractivity contribution is 5.92. The number of amides is 1. The van der Waals surface area contributed by atoms with Crippen molar-refractivity contribution in [3.05, 3.63) is 12.3 Å². The first kappa shape index (κ1) is 9.48. The van der Waals surface area contributed by atoms with Gasteiger partial charge in [-0.15, -0.1) is 0 Å². The van der Waals surface area contributed by atoms with Crippen LogP contribution in [0.2, 0.25) is 0 Å². The average molecular weight is 159 g/mol. The molecular weight excluding hydrogens is 150 g/mol. The van der Waals surface area contributed by atoms with Gasteiger partial charge < -0.3 is 15.2 Å². The van der Waals surface area contributed by atoms with Gasteiger partial charge in [-0.3, -0.25) is 9.59 Å². The maximum atomic E-state index is 10.7. The molecule has 1 amide bonds. The Morgan fingerprint density at radius 3 is 2.55 bits per heavy atom. The quantitative estimate of drug-likeness (QED) is 0.422. The van der Waals surface area contributed by atoms with E-state index in [1.807, 2.05) is 0 Å². The molecule has 0 heterocycles. The lowest BCUT2D eigenvalue weighted by Gasteiger charge is -2.02. The Morgan fingerprint density at radius 1 is 1.64 bits per heavy atom. The van der Waals surface area contributed by atoms with Gasteiger partial charge in [-0.25, -0.2) is 0 Å². The van der Waals surface area contributed by atoms with Crippen LogP contribution in [0.4, 0.5) is 0 Å². The fourth-order valence-corrected chi connectivity index (χ4v) is 0.347. The van der Waals surface area contributed by atoms with E-state index >= 15 is 0 Å². The van der Waals surface area contributed by atoms with Crippen LogP contribution < -0.4 is 5.32 Å². The molecule has 2 N–H and O–H groups in total. The van der Waals surface area contributed by atoms with Crippen molar-refractivity contribution in [3.8, 4) is 0 Å². The summed E-state index contributed by atoms with van der Waals surface area (Å²) in [6, 6.07) is 0. The SMILES string of the molecule is C=C(OC)C(=O)NCC(=O)O. The third-order valence-electron chi connectivity index (χ3n) is 0.900. The molecule has 0 aliphatic rings. The highest BCUT2D eigenvalue weighted by atomic mass is 16.5. The Morgan fingerprint density at radius 2 is 2.18 bits per heavy atom. The molecule has 0 aromatic carbocycles. The third kappa shape index (κ3) is 3.96. The predicted molar refractivity (Wildman–Crippen MR) is 36.8 cm³/mol. The van der Waals surface area contributed by atoms with Crippen LogP contribution in [0.5, 0.6) is 0 Å². The summed E-state index contributed by atoms with van der Waals surface area (Å²) in [7, 11) is 1.28. The molecule has 0 aromatic rings. The van der Waals surface area contributed by atoms with E-state index in [1.54, 1.807) is 0 Å². The first-order valence-electron chi connectivity index (χ1n) is 2.80. The van der Waals surface area contributed by atoms with Gasteiger partial charge in [0.2, 0.25) is 0 Å². The van der Waals surface area contributed by atoms with Crippen LogP contribution in [0.15, 0.2) is 12.3 Å². The minimum Gasteiger partial charge on any atom is -0.492 e. The molecule has 62 valence electrons. The number of methoxy groups -OCH3 is 1. The minimum atomic E-state index is -1.11. The van der Waals surface area contributed by atoms with E-state index in [0.29, 0.717) is 0 Å². The van der Waals surface area contributed by atoms with Crippen LogP contribution in [0, 0.1) is 0 Å². The Hall–Kier alpha value is -1.52. The number of hydrogen-bond donors (Lipinski definition) is 2. The van der Waals surface area contributed by atoms with Crippen LogP contribution in [-0.2, 0) is 14.3 Å². The van der Waals surface area contributed by atoms with Crippen LogP contribution in [0.1, 0.15) is 0 Å². The number of nitrogens with one attached hydrogen (secondary N) is 1. The lowest BCUT2D eigenvalue weighted by Crippen LogP contribution is -2.30. The number of aliphatic carboxylic acids is 1. The number of carboxylic acid groups (broad SMARTS) is 1. The van der Waals surface area contributed by atoms with E-state index in [9.17, 15) is 9.59 Å². The zero-order chi connectivity index (χ0) is 8.85. The van der Waals surface area contributed by atoms with Gasteiger partial charge in [0.15, 0.2) is 5.76 Å². The monoisotopic (exact) mass is 159 g/mol. The van der Waals surface area contributed by atoms with Gasteiger partial charge in [0, 0.05) is 0 Å². The lowest BCUT2D eigenvalue weighted by atomic mass is 10.5. The molecule has 11 heavy (non-hydrogen) atoms. The van der Waals surface area contributed by atoms with Crippen molar-refractivity contribution in [2.75, 3.05) is 13.7 Å². The van der Waals surface area contributed by atoms with Crippen LogP contribution in [0.25, 0.3) is 0 Å². The van der Waals surface area contributed by atoms with Gasteiger partial charge in [0.25, 0.3) is 5.91 Å². The molecule has 5 nitrogen and oxygen atoms in total. The van der Waals surface area contributed by atoms with Gasteiger partial charge in [-0.05, 0) is 0 Å². The number of carboxylic acids is 1. The van der Waals surface area contributed by atoms with Crippen LogP contribution in [0.3, 0.4) is 0 Å². The number of carbonyl (C=O) groups is 2. The van der Waals surface area contributed by atoms with Gasteiger partial charge in [0.05, 0.1) is 7.11 Å². The summed E-state index contributed by atoms with van der Waals surface area (Å²) in [5.41, 5.74) is 0. The van der Waals surface area contributed by atoms with Gasteiger partial charge in [-0.2, -0.15) is 0 Å². The molecule has 0 bridgehead atoms. The second kappa shape index (κ2) is 4.32. The molecule has 0 atom stereocenters. The summed E-state index contributed by atoms with van der Waals surface area (Å²) in [6.45, 7) is 2.79. The Bertz CT molecular complexity index is 187. The highest BCUT2D eigenvalue weighted by Gasteiger charge is 2.06. The Labute approximate surface area is 63.7 Å². The van der Waals surface area contributed by atoms with Crippen molar-refractivity contribution in [1.29, 1.82) is 0 Å². The van der Waals surface area contributed by atoms with E-state index in [4.69, 9.17) is 5.11 Å². The summed E-state index contributed by atoms with van der Waals surface area (Å²) in [6.07, 6.45) is 0. The fourth-order valence-electron chi connectivity index (χ4n) is 0.347. The molecule has 0 unspecified atom stereocenters. The Kier molecular flexibility index (Phi) is 3.72. The van der Waals surface area contributed by atoms with Crippen LogP contribution in [-0.4, -0.2) is 30.6 Å². The Balaban J connectivity index is 3.70. The van der Waals surface area contributed by atoms with E-state index in [1.165, 1.54) is 7.11 Å². The topological polar surface area (TPSA) is 75.6 Å². The maximum Gasteiger partial charge on any atom is 0.322 e. The minimum absolute atomic E-state index is 0.105. The molecule has 0 spiro atoms. The zero-order valence-corrected chi connectivity index (χ0v) is 6.09. The first-order valence-corrected chi connectivity index (χ1v) is 2.80. The van der Waals surface area contributed by atoms with Crippen molar-refractivity contribution >= 4 is 11.9 Å². The van der Waals surface area contributed by atoms with Crippen molar-refractivity contribution in [3.63, 3.8) is 0 Å². The lowest BCUT2D eigenvalue weighted by molar-refractivity contribution is -0.137. The van der Waals surface area contributed by atoms with Gasteiger partial charge in [0.1, 0.15) is 6.54 Å². The average Bonchev–Trinajstić information content (AvgIpc) is 1.98. The molecule has 0 fully saturated rings. The second-order valence-corrected chi connectivity index (χ2v) is 1.70. The molecule has 0 saturated heterocycles. The summed E-state index contributed by atoms with van der Waals surface area (Å²) in [5, 5.41) is 10.2. The van der Waals surface area contributed by atoms with Crippen molar-refractivity contribution in [2.45, 2.75) is 0 Å². The highest BCUT2D eigenvalue weighted by Crippen LogP contribution is 1.87.